The highest BCUT2D eigenvalue weighted by Crippen LogP contribution is 2.28. The molecule has 0 radical (unpaired) electrons. The summed E-state index contributed by atoms with van der Waals surface area (Å²) in [5, 5.41) is 9.74. The number of carbonyl (C=O) groups excluding carboxylic acids is 2. The van der Waals surface area contributed by atoms with Crippen LogP contribution in [0.25, 0.3) is 5.57 Å². The number of hydrogen-bond donors (Lipinski definition) is 1. The smallest absolute Gasteiger partial charge is 0.235 e. The van der Waals surface area contributed by atoms with Gasteiger partial charge in [-0.15, -0.1) is 0 Å². The van der Waals surface area contributed by atoms with E-state index in [4.69, 9.17) is 0 Å². The molecule has 0 heterocycles. The normalized spacial score (nSPS) is 12.9. The summed E-state index contributed by atoms with van der Waals surface area (Å²) >= 11 is 0. The van der Waals surface area contributed by atoms with Crippen molar-refractivity contribution >= 4 is 17.4 Å². The van der Waals surface area contributed by atoms with Gasteiger partial charge in [0.25, 0.3) is 0 Å². The van der Waals surface area contributed by atoms with Gasteiger partial charge in [0.15, 0.2) is 0 Å². The van der Waals surface area contributed by atoms with Crippen molar-refractivity contribution in [2.45, 2.75) is 26.3 Å². The number of aliphatic hydroxyl groups is 1. The van der Waals surface area contributed by atoms with E-state index in [0.29, 0.717) is 0 Å². The molecule has 0 saturated heterocycles. The molecular formula is C22H23F2NO3. The summed E-state index contributed by atoms with van der Waals surface area (Å²) in [7, 11) is 0. The molecular weight excluding hydrogens is 364 g/mol. The van der Waals surface area contributed by atoms with Crippen LogP contribution < -0.4 is 0 Å². The zero-order chi connectivity index (χ0) is 20.8. The van der Waals surface area contributed by atoms with Crippen LogP contribution in [-0.2, 0) is 9.59 Å². The summed E-state index contributed by atoms with van der Waals surface area (Å²) in [6, 6.07) is 11.6. The monoisotopic (exact) mass is 387 g/mol. The Labute approximate surface area is 163 Å². The largest absolute Gasteiger partial charge is 0.396 e. The lowest BCUT2D eigenvalue weighted by atomic mass is 9.93. The van der Waals surface area contributed by atoms with Crippen molar-refractivity contribution < 1.29 is 23.5 Å². The van der Waals surface area contributed by atoms with Crippen molar-refractivity contribution in [3.05, 3.63) is 77.9 Å². The molecule has 1 N–H and O–H groups in total. The zero-order valence-electron chi connectivity index (χ0n) is 15.9. The maximum Gasteiger partial charge on any atom is 0.235 e. The first-order valence-corrected chi connectivity index (χ1v) is 8.88. The minimum atomic E-state index is -0.980. The highest BCUT2D eigenvalue weighted by molar-refractivity contribution is 5.96. The van der Waals surface area contributed by atoms with Crippen molar-refractivity contribution in [3.63, 3.8) is 0 Å². The lowest BCUT2D eigenvalue weighted by Crippen LogP contribution is -2.42. The van der Waals surface area contributed by atoms with E-state index in [9.17, 15) is 23.5 Å². The lowest BCUT2D eigenvalue weighted by molar-refractivity contribution is -0.149. The number of rotatable bonds is 7. The Morgan fingerprint density at radius 1 is 1.14 bits per heavy atom. The zero-order valence-corrected chi connectivity index (χ0v) is 15.9. The molecule has 148 valence electrons. The second kappa shape index (κ2) is 9.37. The summed E-state index contributed by atoms with van der Waals surface area (Å²) < 4.78 is 27.1. The maximum absolute atomic E-state index is 14.0. The third-order valence-corrected chi connectivity index (χ3v) is 4.62. The van der Waals surface area contributed by atoms with Crippen molar-refractivity contribution in [1.29, 1.82) is 0 Å². The molecule has 0 aliphatic carbocycles. The van der Waals surface area contributed by atoms with Gasteiger partial charge >= 0.3 is 0 Å². The molecule has 2 rings (SSSR count). The molecule has 0 fully saturated rings. The van der Waals surface area contributed by atoms with Gasteiger partial charge in [0, 0.05) is 18.6 Å². The average Bonchev–Trinajstić information content (AvgIpc) is 2.66. The minimum Gasteiger partial charge on any atom is -0.396 e. The molecule has 2 aromatic carbocycles. The Bertz CT molecular complexity index is 867. The first kappa shape index (κ1) is 21.4. The van der Waals surface area contributed by atoms with Crippen molar-refractivity contribution in [2.24, 2.45) is 5.92 Å². The number of halogens is 2. The summed E-state index contributed by atoms with van der Waals surface area (Å²) in [6.45, 7) is 6.23. The van der Waals surface area contributed by atoms with E-state index in [1.807, 2.05) is 6.07 Å². The third-order valence-electron chi connectivity index (χ3n) is 4.62. The quantitative estimate of drug-likeness (QED) is 0.778. The third kappa shape index (κ3) is 4.89. The first-order valence-electron chi connectivity index (χ1n) is 8.88. The highest BCUT2D eigenvalue weighted by atomic mass is 19.1. The van der Waals surface area contributed by atoms with Gasteiger partial charge in [-0.1, -0.05) is 36.9 Å². The molecule has 0 aromatic heterocycles. The molecule has 4 nitrogen and oxygen atoms in total. The Morgan fingerprint density at radius 2 is 1.79 bits per heavy atom. The molecule has 2 atom stereocenters. The highest BCUT2D eigenvalue weighted by Gasteiger charge is 2.31. The number of aliphatic hydroxyl groups excluding tert-OH is 1. The van der Waals surface area contributed by atoms with Crippen LogP contribution in [0.2, 0.25) is 0 Å². The maximum atomic E-state index is 14.0. The molecule has 0 unspecified atom stereocenters. The van der Waals surface area contributed by atoms with Gasteiger partial charge in [-0.2, -0.15) is 0 Å². The summed E-state index contributed by atoms with van der Waals surface area (Å²) in [6.07, 6.45) is -0.0663. The van der Waals surface area contributed by atoms with Crippen molar-refractivity contribution in [2.75, 3.05) is 6.61 Å². The molecule has 0 bridgehead atoms. The van der Waals surface area contributed by atoms with Crippen molar-refractivity contribution in [1.82, 2.24) is 4.90 Å². The van der Waals surface area contributed by atoms with Gasteiger partial charge in [0.1, 0.15) is 11.6 Å². The van der Waals surface area contributed by atoms with E-state index < -0.39 is 42.0 Å². The lowest BCUT2D eigenvalue weighted by Gasteiger charge is -2.30. The number of hydrogen-bond acceptors (Lipinski definition) is 3. The standard InChI is InChI=1S/C22H23F2NO3/c1-14(20-10-9-19(23)12-21(20)24)11-18(13-26)22(28)25(16(3)27)15(2)17-7-5-4-6-8-17/h4-10,12,15,18,26H,1,11,13H2,2-3H3/t15-,18-/m0/s1. The fourth-order valence-electron chi connectivity index (χ4n) is 3.11. The van der Waals surface area contributed by atoms with Gasteiger partial charge in [-0.25, -0.2) is 8.78 Å². The summed E-state index contributed by atoms with van der Waals surface area (Å²) in [5.41, 5.74) is 1.07. The fraction of sp³-hybridized carbons (Fsp3) is 0.273. The minimum absolute atomic E-state index is 0.0663. The van der Waals surface area contributed by atoms with Gasteiger partial charge < -0.3 is 5.11 Å². The van der Waals surface area contributed by atoms with Crippen LogP contribution in [-0.4, -0.2) is 28.4 Å². The van der Waals surface area contributed by atoms with Crippen LogP contribution in [0.4, 0.5) is 8.78 Å². The molecule has 28 heavy (non-hydrogen) atoms. The van der Waals surface area contributed by atoms with E-state index in [-0.39, 0.29) is 17.6 Å². The second-order valence-electron chi connectivity index (χ2n) is 6.63. The van der Waals surface area contributed by atoms with Crippen LogP contribution in [0, 0.1) is 17.6 Å². The summed E-state index contributed by atoms with van der Waals surface area (Å²) in [4.78, 5) is 26.2. The van der Waals surface area contributed by atoms with Crippen LogP contribution in [0.3, 0.4) is 0 Å². The predicted octanol–water partition coefficient (Wildman–Crippen LogP) is 4.11. The van der Waals surface area contributed by atoms with Crippen LogP contribution in [0.1, 0.15) is 37.4 Å². The second-order valence-corrected chi connectivity index (χ2v) is 6.63. The number of allylic oxidation sites excluding steroid dienone is 1. The van der Waals surface area contributed by atoms with Gasteiger partial charge in [-0.3, -0.25) is 14.5 Å². The van der Waals surface area contributed by atoms with E-state index in [0.717, 1.165) is 22.6 Å². The van der Waals surface area contributed by atoms with Crippen molar-refractivity contribution in [3.8, 4) is 0 Å². The number of amides is 2. The fourth-order valence-corrected chi connectivity index (χ4v) is 3.11. The SMILES string of the molecule is C=C(C[C@@H](CO)C(=O)N(C(C)=O)[C@@H](C)c1ccccc1)c1ccc(F)cc1F. The van der Waals surface area contributed by atoms with Crippen LogP contribution in [0.15, 0.2) is 55.1 Å². The van der Waals surface area contributed by atoms with Crippen LogP contribution >= 0.6 is 0 Å². The average molecular weight is 387 g/mol. The number of carbonyl (C=O) groups is 2. The molecule has 0 aliphatic heterocycles. The molecule has 2 amide bonds. The van der Waals surface area contributed by atoms with Gasteiger partial charge in [-0.05, 0) is 36.6 Å². The number of benzene rings is 2. The number of imide groups is 1. The Morgan fingerprint density at radius 3 is 2.32 bits per heavy atom. The van der Waals surface area contributed by atoms with E-state index in [1.165, 1.54) is 13.0 Å². The predicted molar refractivity (Wildman–Crippen MR) is 103 cm³/mol. The van der Waals surface area contributed by atoms with E-state index in [1.54, 1.807) is 31.2 Å². The first-order chi connectivity index (χ1) is 13.3. The van der Waals surface area contributed by atoms with Gasteiger partial charge in [0.2, 0.25) is 11.8 Å². The molecule has 0 spiro atoms. The summed E-state index contributed by atoms with van der Waals surface area (Å²) in [5.74, 6) is -3.53. The Kier molecular flexibility index (Phi) is 7.18. The topological polar surface area (TPSA) is 57.6 Å². The molecule has 0 aliphatic rings. The molecule has 6 heteroatoms. The molecule has 2 aromatic rings. The van der Waals surface area contributed by atoms with E-state index >= 15 is 0 Å². The van der Waals surface area contributed by atoms with Crippen LogP contribution in [0.5, 0.6) is 0 Å². The number of nitrogens with zero attached hydrogens (tertiary/aromatic N) is 1. The molecule has 0 saturated carbocycles. The van der Waals surface area contributed by atoms with Gasteiger partial charge in [0.05, 0.1) is 18.6 Å². The Hall–Kier alpha value is -2.86. The van der Waals surface area contributed by atoms with E-state index in [2.05, 4.69) is 6.58 Å². The Balaban J connectivity index is 2.24.